The molecule has 1 saturated heterocycles. The van der Waals surface area contributed by atoms with Crippen LogP contribution < -0.4 is 10.1 Å². The van der Waals surface area contributed by atoms with Crippen LogP contribution in [0.1, 0.15) is 17.3 Å². The van der Waals surface area contributed by atoms with E-state index in [1.807, 2.05) is 30.3 Å². The molecule has 1 aliphatic rings. The predicted molar refractivity (Wildman–Crippen MR) is 86.5 cm³/mol. The van der Waals surface area contributed by atoms with E-state index in [0.29, 0.717) is 24.4 Å². The molecule has 2 aromatic carbocycles. The van der Waals surface area contributed by atoms with Gasteiger partial charge in [0.25, 0.3) is 5.91 Å². The van der Waals surface area contributed by atoms with Gasteiger partial charge in [0, 0.05) is 18.7 Å². The lowest BCUT2D eigenvalue weighted by molar-refractivity contribution is -0.127. The summed E-state index contributed by atoms with van der Waals surface area (Å²) in [5, 5.41) is 2.75. The number of hydrogen-bond donors (Lipinski definition) is 1. The predicted octanol–water partition coefficient (Wildman–Crippen LogP) is 2.44. The van der Waals surface area contributed by atoms with Gasteiger partial charge < -0.3 is 15.0 Å². The molecule has 0 radical (unpaired) electrons. The second-order valence-corrected chi connectivity index (χ2v) is 5.41. The van der Waals surface area contributed by atoms with Crippen LogP contribution in [0.25, 0.3) is 0 Å². The lowest BCUT2D eigenvalue weighted by atomic mass is 10.1. The largest absolute Gasteiger partial charge is 0.457 e. The molecule has 1 heterocycles. The maximum absolute atomic E-state index is 12.5. The van der Waals surface area contributed by atoms with Crippen molar-refractivity contribution in [2.45, 2.75) is 13.0 Å². The summed E-state index contributed by atoms with van der Waals surface area (Å²) < 4.78 is 5.71. The molecule has 2 aromatic rings. The number of piperazine rings is 1. The molecule has 2 amide bonds. The molecule has 1 unspecified atom stereocenters. The van der Waals surface area contributed by atoms with Crippen LogP contribution in [0.5, 0.6) is 11.5 Å². The Kier molecular flexibility index (Phi) is 4.28. The fourth-order valence-corrected chi connectivity index (χ4v) is 2.52. The minimum Gasteiger partial charge on any atom is -0.457 e. The molecule has 23 heavy (non-hydrogen) atoms. The topological polar surface area (TPSA) is 58.6 Å². The van der Waals surface area contributed by atoms with Gasteiger partial charge in [-0.15, -0.1) is 0 Å². The SMILES string of the molecule is CC1C(=O)NCCN1C(=O)c1ccc(Oc2ccccc2)cc1. The molecule has 1 atom stereocenters. The highest BCUT2D eigenvalue weighted by atomic mass is 16.5. The van der Waals surface area contributed by atoms with Crippen LogP contribution in [0.15, 0.2) is 54.6 Å². The summed E-state index contributed by atoms with van der Waals surface area (Å²) in [6.45, 7) is 2.75. The number of amides is 2. The number of hydrogen-bond acceptors (Lipinski definition) is 3. The molecule has 5 nitrogen and oxygen atoms in total. The molecule has 1 fully saturated rings. The van der Waals surface area contributed by atoms with Gasteiger partial charge in [0.2, 0.25) is 5.91 Å². The first-order chi connectivity index (χ1) is 11.1. The van der Waals surface area contributed by atoms with Crippen molar-refractivity contribution in [2.24, 2.45) is 0 Å². The smallest absolute Gasteiger partial charge is 0.254 e. The first-order valence-corrected chi connectivity index (χ1v) is 7.57. The second kappa shape index (κ2) is 6.52. The molecule has 118 valence electrons. The van der Waals surface area contributed by atoms with Gasteiger partial charge in [-0.25, -0.2) is 0 Å². The summed E-state index contributed by atoms with van der Waals surface area (Å²) in [5.41, 5.74) is 0.548. The Bertz CT molecular complexity index is 698. The number of rotatable bonds is 3. The molecule has 0 spiro atoms. The lowest BCUT2D eigenvalue weighted by Gasteiger charge is -2.32. The Balaban J connectivity index is 1.71. The van der Waals surface area contributed by atoms with Crippen molar-refractivity contribution in [3.63, 3.8) is 0 Å². The van der Waals surface area contributed by atoms with Gasteiger partial charge in [-0.1, -0.05) is 18.2 Å². The quantitative estimate of drug-likeness (QED) is 0.947. The monoisotopic (exact) mass is 310 g/mol. The molecule has 3 rings (SSSR count). The van der Waals surface area contributed by atoms with Crippen LogP contribution in [0.2, 0.25) is 0 Å². The van der Waals surface area contributed by atoms with E-state index in [9.17, 15) is 9.59 Å². The highest BCUT2D eigenvalue weighted by molar-refractivity contribution is 5.98. The Morgan fingerprint density at radius 3 is 2.43 bits per heavy atom. The number of carbonyl (C=O) groups excluding carboxylic acids is 2. The molecule has 5 heteroatoms. The average molecular weight is 310 g/mol. The van der Waals surface area contributed by atoms with E-state index in [-0.39, 0.29) is 11.8 Å². The highest BCUT2D eigenvalue weighted by Crippen LogP contribution is 2.22. The molecule has 0 aliphatic carbocycles. The van der Waals surface area contributed by atoms with Crippen LogP contribution in [0.3, 0.4) is 0 Å². The van der Waals surface area contributed by atoms with Crippen molar-refractivity contribution in [2.75, 3.05) is 13.1 Å². The fraction of sp³-hybridized carbons (Fsp3) is 0.222. The first kappa shape index (κ1) is 15.1. The van der Waals surface area contributed by atoms with Crippen molar-refractivity contribution in [1.29, 1.82) is 0 Å². The number of carbonyl (C=O) groups is 2. The Hall–Kier alpha value is -2.82. The first-order valence-electron chi connectivity index (χ1n) is 7.57. The Morgan fingerprint density at radius 2 is 1.74 bits per heavy atom. The van der Waals surface area contributed by atoms with E-state index >= 15 is 0 Å². The molecule has 0 bridgehead atoms. The van der Waals surface area contributed by atoms with E-state index in [1.165, 1.54) is 0 Å². The number of nitrogens with one attached hydrogen (secondary N) is 1. The summed E-state index contributed by atoms with van der Waals surface area (Å²) in [5.74, 6) is 1.15. The maximum atomic E-state index is 12.5. The third kappa shape index (κ3) is 3.34. The van der Waals surface area contributed by atoms with Crippen molar-refractivity contribution in [3.05, 3.63) is 60.2 Å². The van der Waals surface area contributed by atoms with Crippen molar-refractivity contribution >= 4 is 11.8 Å². The lowest BCUT2D eigenvalue weighted by Crippen LogP contribution is -2.55. The zero-order valence-corrected chi connectivity index (χ0v) is 12.9. The van der Waals surface area contributed by atoms with Gasteiger partial charge in [-0.3, -0.25) is 9.59 Å². The highest BCUT2D eigenvalue weighted by Gasteiger charge is 2.29. The van der Waals surface area contributed by atoms with Crippen LogP contribution in [0.4, 0.5) is 0 Å². The molecule has 1 N–H and O–H groups in total. The molecule has 0 saturated carbocycles. The Morgan fingerprint density at radius 1 is 1.09 bits per heavy atom. The number of para-hydroxylation sites is 1. The number of ether oxygens (including phenoxy) is 1. The zero-order valence-electron chi connectivity index (χ0n) is 12.9. The van der Waals surface area contributed by atoms with E-state index in [1.54, 1.807) is 36.1 Å². The summed E-state index contributed by atoms with van der Waals surface area (Å²) in [6.07, 6.45) is 0. The normalized spacial score (nSPS) is 17.5. The summed E-state index contributed by atoms with van der Waals surface area (Å²) in [4.78, 5) is 25.8. The minimum atomic E-state index is -0.448. The summed E-state index contributed by atoms with van der Waals surface area (Å²) in [7, 11) is 0. The molecular formula is C18H18N2O3. The number of nitrogens with zero attached hydrogens (tertiary/aromatic N) is 1. The van der Waals surface area contributed by atoms with Crippen molar-refractivity contribution in [1.82, 2.24) is 10.2 Å². The van der Waals surface area contributed by atoms with Gasteiger partial charge in [0.05, 0.1) is 0 Å². The van der Waals surface area contributed by atoms with E-state index in [4.69, 9.17) is 4.74 Å². The third-order valence-corrected chi connectivity index (χ3v) is 3.84. The Labute approximate surface area is 134 Å². The standard InChI is InChI=1S/C18H18N2O3/c1-13-17(21)19-11-12-20(13)18(22)14-7-9-16(10-8-14)23-15-5-3-2-4-6-15/h2-10,13H,11-12H2,1H3,(H,19,21). The summed E-state index contributed by atoms with van der Waals surface area (Å²) in [6, 6.07) is 16.0. The van der Waals surface area contributed by atoms with Crippen molar-refractivity contribution < 1.29 is 14.3 Å². The zero-order chi connectivity index (χ0) is 16.2. The van der Waals surface area contributed by atoms with E-state index < -0.39 is 6.04 Å². The third-order valence-electron chi connectivity index (χ3n) is 3.84. The van der Waals surface area contributed by atoms with Gasteiger partial charge >= 0.3 is 0 Å². The van der Waals surface area contributed by atoms with Gasteiger partial charge in [-0.05, 0) is 43.3 Å². The molecule has 1 aliphatic heterocycles. The van der Waals surface area contributed by atoms with Gasteiger partial charge in [-0.2, -0.15) is 0 Å². The van der Waals surface area contributed by atoms with Crippen LogP contribution >= 0.6 is 0 Å². The summed E-state index contributed by atoms with van der Waals surface area (Å²) >= 11 is 0. The van der Waals surface area contributed by atoms with Crippen molar-refractivity contribution in [3.8, 4) is 11.5 Å². The second-order valence-electron chi connectivity index (χ2n) is 5.41. The van der Waals surface area contributed by atoms with Gasteiger partial charge in [0.15, 0.2) is 0 Å². The van der Waals surface area contributed by atoms with E-state index in [2.05, 4.69) is 5.32 Å². The minimum absolute atomic E-state index is 0.117. The van der Waals surface area contributed by atoms with Crippen LogP contribution in [0, 0.1) is 0 Å². The fourth-order valence-electron chi connectivity index (χ4n) is 2.52. The van der Waals surface area contributed by atoms with E-state index in [0.717, 1.165) is 5.75 Å². The molecular weight excluding hydrogens is 292 g/mol. The number of benzene rings is 2. The van der Waals surface area contributed by atoms with Crippen LogP contribution in [-0.2, 0) is 4.79 Å². The van der Waals surface area contributed by atoms with Gasteiger partial charge in [0.1, 0.15) is 17.5 Å². The average Bonchev–Trinajstić information content (AvgIpc) is 2.58. The van der Waals surface area contributed by atoms with Crippen LogP contribution in [-0.4, -0.2) is 35.8 Å². The maximum Gasteiger partial charge on any atom is 0.254 e. The molecule has 0 aromatic heterocycles.